The van der Waals surface area contributed by atoms with Crippen molar-refractivity contribution >= 4 is 11.8 Å². The van der Waals surface area contributed by atoms with E-state index in [2.05, 4.69) is 5.32 Å². The van der Waals surface area contributed by atoms with Crippen LogP contribution in [0.4, 0.5) is 4.39 Å². The molecule has 0 saturated carbocycles. The fraction of sp³-hybridized carbons (Fsp3) is 0.882. The number of aliphatic hydroxyl groups is 1. The number of nitrogens with one attached hydrogen (secondary N) is 1. The molecular formula is C17H30FN3O3. The Kier molecular flexibility index (Phi) is 7.42. The lowest BCUT2D eigenvalue weighted by Gasteiger charge is -2.35. The summed E-state index contributed by atoms with van der Waals surface area (Å²) in [5, 5.41) is 11.9. The van der Waals surface area contributed by atoms with Gasteiger partial charge in [-0.05, 0) is 38.6 Å². The third kappa shape index (κ3) is 6.02. The van der Waals surface area contributed by atoms with Crippen LogP contribution in [0.15, 0.2) is 0 Å². The first-order valence-electron chi connectivity index (χ1n) is 9.09. The van der Waals surface area contributed by atoms with Crippen molar-refractivity contribution in [2.75, 3.05) is 45.9 Å². The number of aliphatic hydroxyl groups excluding tert-OH is 1. The Morgan fingerprint density at radius 3 is 2.88 bits per heavy atom. The summed E-state index contributed by atoms with van der Waals surface area (Å²) in [6.07, 6.45) is 5.53. The molecule has 2 saturated heterocycles. The summed E-state index contributed by atoms with van der Waals surface area (Å²) < 4.78 is 14.1. The average molecular weight is 343 g/mol. The van der Waals surface area contributed by atoms with Crippen molar-refractivity contribution in [3.63, 3.8) is 0 Å². The molecule has 0 spiro atoms. The van der Waals surface area contributed by atoms with Crippen LogP contribution < -0.4 is 5.32 Å². The highest BCUT2D eigenvalue weighted by Crippen LogP contribution is 2.24. The predicted octanol–water partition coefficient (Wildman–Crippen LogP) is 0.692. The van der Waals surface area contributed by atoms with Gasteiger partial charge in [-0.15, -0.1) is 0 Å². The van der Waals surface area contributed by atoms with Gasteiger partial charge in [0.25, 0.3) is 0 Å². The van der Waals surface area contributed by atoms with Crippen LogP contribution in [-0.4, -0.2) is 78.3 Å². The van der Waals surface area contributed by atoms with E-state index in [0.717, 1.165) is 32.2 Å². The average Bonchev–Trinajstić information content (AvgIpc) is 2.76. The second-order valence-electron chi connectivity index (χ2n) is 7.02. The van der Waals surface area contributed by atoms with Crippen LogP contribution in [0.2, 0.25) is 0 Å². The molecule has 24 heavy (non-hydrogen) atoms. The molecule has 2 amide bonds. The Bertz CT molecular complexity index is 435. The zero-order valence-corrected chi connectivity index (χ0v) is 14.4. The van der Waals surface area contributed by atoms with E-state index in [-0.39, 0.29) is 24.9 Å². The fourth-order valence-electron chi connectivity index (χ4n) is 3.47. The van der Waals surface area contributed by atoms with Crippen molar-refractivity contribution in [2.24, 2.45) is 0 Å². The fourth-order valence-corrected chi connectivity index (χ4v) is 3.47. The third-order valence-electron chi connectivity index (χ3n) is 4.86. The summed E-state index contributed by atoms with van der Waals surface area (Å²) in [6.45, 7) is 2.49. The zero-order valence-electron chi connectivity index (χ0n) is 14.4. The number of alkyl halides is 1. The van der Waals surface area contributed by atoms with Gasteiger partial charge in [0.15, 0.2) is 0 Å². The molecule has 138 valence electrons. The van der Waals surface area contributed by atoms with E-state index in [1.807, 2.05) is 4.90 Å². The van der Waals surface area contributed by atoms with E-state index in [0.29, 0.717) is 38.9 Å². The molecule has 1 unspecified atom stereocenters. The first kappa shape index (κ1) is 19.1. The number of piperidine rings is 1. The van der Waals surface area contributed by atoms with Crippen molar-refractivity contribution in [3.05, 3.63) is 0 Å². The molecule has 0 bridgehead atoms. The van der Waals surface area contributed by atoms with Crippen molar-refractivity contribution < 1.29 is 19.1 Å². The number of nitrogens with zero attached hydrogens (tertiary/aromatic N) is 2. The minimum Gasteiger partial charge on any atom is -0.393 e. The molecule has 1 atom stereocenters. The lowest BCUT2D eigenvalue weighted by atomic mass is 9.96. The van der Waals surface area contributed by atoms with Gasteiger partial charge in [0.05, 0.1) is 13.2 Å². The second kappa shape index (κ2) is 9.32. The van der Waals surface area contributed by atoms with Gasteiger partial charge in [0, 0.05) is 32.6 Å². The van der Waals surface area contributed by atoms with E-state index in [1.165, 1.54) is 0 Å². The molecule has 2 N–H and O–H groups in total. The van der Waals surface area contributed by atoms with Gasteiger partial charge in [-0.25, -0.2) is 4.39 Å². The minimum absolute atomic E-state index is 0.110. The summed E-state index contributed by atoms with van der Waals surface area (Å²) >= 11 is 0. The zero-order chi connectivity index (χ0) is 17.4. The van der Waals surface area contributed by atoms with Crippen molar-refractivity contribution in [1.82, 2.24) is 15.1 Å². The minimum atomic E-state index is -1.58. The number of hydrogen-bond acceptors (Lipinski definition) is 4. The van der Waals surface area contributed by atoms with E-state index in [9.17, 15) is 14.0 Å². The maximum absolute atomic E-state index is 14.1. The molecule has 0 aromatic heterocycles. The van der Waals surface area contributed by atoms with Gasteiger partial charge >= 0.3 is 0 Å². The number of carbonyl (C=O) groups excluding carboxylic acids is 2. The SMILES string of the molecule is O=C(CN1CCCC(F)(CO)C1)NCCCN1CCCCCC1=O. The highest BCUT2D eigenvalue weighted by Gasteiger charge is 2.35. The van der Waals surface area contributed by atoms with E-state index in [4.69, 9.17) is 5.11 Å². The van der Waals surface area contributed by atoms with Gasteiger partial charge in [-0.2, -0.15) is 0 Å². The Morgan fingerprint density at radius 1 is 1.25 bits per heavy atom. The number of likely N-dealkylation sites (tertiary alicyclic amines) is 2. The number of halogens is 1. The molecule has 0 aromatic carbocycles. The Hall–Kier alpha value is -1.21. The van der Waals surface area contributed by atoms with Crippen molar-refractivity contribution in [3.8, 4) is 0 Å². The largest absolute Gasteiger partial charge is 0.393 e. The molecule has 0 aromatic rings. The molecule has 0 aliphatic carbocycles. The molecule has 2 aliphatic heterocycles. The number of rotatable bonds is 7. The van der Waals surface area contributed by atoms with Crippen LogP contribution in [0.1, 0.15) is 44.9 Å². The maximum Gasteiger partial charge on any atom is 0.234 e. The summed E-state index contributed by atoms with van der Waals surface area (Å²) in [5.41, 5.74) is -1.58. The van der Waals surface area contributed by atoms with E-state index >= 15 is 0 Å². The third-order valence-corrected chi connectivity index (χ3v) is 4.86. The molecule has 7 heteroatoms. The lowest BCUT2D eigenvalue weighted by molar-refractivity contribution is -0.130. The van der Waals surface area contributed by atoms with Gasteiger partial charge < -0.3 is 15.3 Å². The summed E-state index contributed by atoms with van der Waals surface area (Å²) in [4.78, 5) is 27.5. The van der Waals surface area contributed by atoms with E-state index in [1.54, 1.807) is 4.90 Å². The number of carbonyl (C=O) groups is 2. The molecule has 2 heterocycles. The molecule has 2 aliphatic rings. The van der Waals surface area contributed by atoms with Crippen LogP contribution >= 0.6 is 0 Å². The molecular weight excluding hydrogens is 313 g/mol. The van der Waals surface area contributed by atoms with Gasteiger partial charge in [-0.3, -0.25) is 14.5 Å². The highest BCUT2D eigenvalue weighted by molar-refractivity contribution is 5.78. The lowest BCUT2D eigenvalue weighted by Crippen LogP contribution is -2.50. The standard InChI is InChI=1S/C17H30FN3O3/c18-17(14-22)7-4-9-20(13-17)12-15(23)19-8-5-11-21-10-3-1-2-6-16(21)24/h22H,1-14H2,(H,19,23). The first-order chi connectivity index (χ1) is 11.5. The summed E-state index contributed by atoms with van der Waals surface area (Å²) in [5.74, 6) is 0.0924. The molecule has 0 radical (unpaired) electrons. The predicted molar refractivity (Wildman–Crippen MR) is 89.3 cm³/mol. The molecule has 2 rings (SSSR count). The number of hydrogen-bond donors (Lipinski definition) is 2. The van der Waals surface area contributed by atoms with Gasteiger partial charge in [0.1, 0.15) is 5.67 Å². The molecule has 2 fully saturated rings. The Morgan fingerprint density at radius 2 is 2.08 bits per heavy atom. The summed E-state index contributed by atoms with van der Waals surface area (Å²) in [7, 11) is 0. The quantitative estimate of drug-likeness (QED) is 0.667. The maximum atomic E-state index is 14.1. The Labute approximate surface area is 143 Å². The van der Waals surface area contributed by atoms with Crippen LogP contribution in [0.3, 0.4) is 0 Å². The number of amides is 2. The second-order valence-corrected chi connectivity index (χ2v) is 7.02. The van der Waals surface area contributed by atoms with Crippen LogP contribution in [0, 0.1) is 0 Å². The topological polar surface area (TPSA) is 72.9 Å². The normalized spacial score (nSPS) is 26.2. The van der Waals surface area contributed by atoms with Gasteiger partial charge in [0.2, 0.25) is 11.8 Å². The van der Waals surface area contributed by atoms with Crippen LogP contribution in [0.5, 0.6) is 0 Å². The highest BCUT2D eigenvalue weighted by atomic mass is 19.1. The monoisotopic (exact) mass is 343 g/mol. The van der Waals surface area contributed by atoms with Crippen molar-refractivity contribution in [1.29, 1.82) is 0 Å². The first-order valence-corrected chi connectivity index (χ1v) is 9.09. The van der Waals surface area contributed by atoms with E-state index < -0.39 is 12.3 Å². The van der Waals surface area contributed by atoms with Crippen LogP contribution in [-0.2, 0) is 9.59 Å². The smallest absolute Gasteiger partial charge is 0.234 e. The summed E-state index contributed by atoms with van der Waals surface area (Å²) in [6, 6.07) is 0. The Balaban J connectivity index is 1.62. The van der Waals surface area contributed by atoms with Gasteiger partial charge in [-0.1, -0.05) is 6.42 Å². The van der Waals surface area contributed by atoms with Crippen molar-refractivity contribution in [2.45, 2.75) is 50.6 Å². The molecule has 6 nitrogen and oxygen atoms in total. The van der Waals surface area contributed by atoms with Crippen LogP contribution in [0.25, 0.3) is 0 Å².